The van der Waals surface area contributed by atoms with Gasteiger partial charge in [-0.05, 0) is 44.0 Å². The molecule has 1 atom stereocenters. The highest BCUT2D eigenvalue weighted by Gasteiger charge is 2.23. The van der Waals surface area contributed by atoms with Crippen LogP contribution in [0.4, 0.5) is 4.39 Å². The molecule has 1 aromatic rings. The van der Waals surface area contributed by atoms with Crippen LogP contribution in [0.3, 0.4) is 0 Å². The summed E-state index contributed by atoms with van der Waals surface area (Å²) < 4.78 is 18.1. The molecule has 1 heterocycles. The number of halogens is 1. The monoisotopic (exact) mass is 336 g/mol. The number of benzene rings is 1. The van der Waals surface area contributed by atoms with Gasteiger partial charge in [-0.1, -0.05) is 12.1 Å². The maximum atomic E-state index is 13.0. The summed E-state index contributed by atoms with van der Waals surface area (Å²) >= 11 is 0. The molecule has 134 valence electrons. The lowest BCUT2D eigenvalue weighted by Gasteiger charge is -2.25. The van der Waals surface area contributed by atoms with E-state index in [1.807, 2.05) is 0 Å². The Balaban J connectivity index is 1.85. The molecule has 1 aliphatic rings. The van der Waals surface area contributed by atoms with Crippen LogP contribution in [0.1, 0.15) is 25.3 Å². The first-order valence-corrected chi connectivity index (χ1v) is 8.72. The Labute approximate surface area is 144 Å². The number of methoxy groups -OCH3 is 1. The van der Waals surface area contributed by atoms with Crippen LogP contribution < -0.4 is 10.6 Å². The number of hydrogen-bond acceptors (Lipinski definition) is 3. The second-order valence-electron chi connectivity index (χ2n) is 6.03. The summed E-state index contributed by atoms with van der Waals surface area (Å²) in [5.41, 5.74) is 0.996. The lowest BCUT2D eigenvalue weighted by molar-refractivity contribution is 0.141. The molecule has 0 spiro atoms. The summed E-state index contributed by atoms with van der Waals surface area (Å²) in [5.74, 6) is 0.588. The summed E-state index contributed by atoms with van der Waals surface area (Å²) in [7, 11) is 1.74. The lowest BCUT2D eigenvalue weighted by Crippen LogP contribution is -2.45. The maximum absolute atomic E-state index is 13.0. The average Bonchev–Trinajstić information content (AvgIpc) is 3.04. The summed E-state index contributed by atoms with van der Waals surface area (Å²) in [5, 5.41) is 6.70. The van der Waals surface area contributed by atoms with Gasteiger partial charge in [0.05, 0.1) is 13.2 Å². The molecule has 0 aliphatic carbocycles. The molecular weight excluding hydrogens is 307 g/mol. The average molecular weight is 336 g/mol. The Bertz CT molecular complexity index is 506. The van der Waals surface area contributed by atoms with Crippen LogP contribution >= 0.6 is 0 Å². The molecule has 1 fully saturated rings. The minimum atomic E-state index is -0.217. The Morgan fingerprint density at radius 3 is 2.83 bits per heavy atom. The largest absolute Gasteiger partial charge is 0.383 e. The smallest absolute Gasteiger partial charge is 0.191 e. The van der Waals surface area contributed by atoms with Crippen molar-refractivity contribution in [1.29, 1.82) is 0 Å². The SMILES string of the molecule is CCNC(=NCc1ccc(F)cc1)NCC1CCCN1CCOC. The molecule has 1 aliphatic heterocycles. The van der Waals surface area contributed by atoms with Crippen molar-refractivity contribution in [2.75, 3.05) is 39.9 Å². The number of hydrogen-bond donors (Lipinski definition) is 2. The van der Waals surface area contributed by atoms with E-state index in [1.165, 1.54) is 25.0 Å². The third-order valence-electron chi connectivity index (χ3n) is 4.26. The van der Waals surface area contributed by atoms with Gasteiger partial charge in [-0.3, -0.25) is 4.90 Å². The fourth-order valence-corrected chi connectivity index (χ4v) is 2.95. The Hall–Kier alpha value is -1.66. The van der Waals surface area contributed by atoms with Crippen molar-refractivity contribution in [3.8, 4) is 0 Å². The highest BCUT2D eigenvalue weighted by molar-refractivity contribution is 5.79. The van der Waals surface area contributed by atoms with Crippen molar-refractivity contribution in [3.05, 3.63) is 35.6 Å². The van der Waals surface area contributed by atoms with Crippen molar-refractivity contribution >= 4 is 5.96 Å². The van der Waals surface area contributed by atoms with Crippen molar-refractivity contribution in [3.63, 3.8) is 0 Å². The first-order chi connectivity index (χ1) is 11.7. The maximum Gasteiger partial charge on any atom is 0.191 e. The quantitative estimate of drug-likeness (QED) is 0.563. The second kappa shape index (κ2) is 10.3. The van der Waals surface area contributed by atoms with E-state index < -0.39 is 0 Å². The third kappa shape index (κ3) is 6.09. The summed E-state index contributed by atoms with van der Waals surface area (Å²) in [6.07, 6.45) is 2.44. The Morgan fingerprint density at radius 2 is 2.12 bits per heavy atom. The van der Waals surface area contributed by atoms with E-state index in [1.54, 1.807) is 19.2 Å². The number of aliphatic imine (C=N–C) groups is 1. The van der Waals surface area contributed by atoms with E-state index in [0.29, 0.717) is 12.6 Å². The topological polar surface area (TPSA) is 48.9 Å². The van der Waals surface area contributed by atoms with Crippen molar-refractivity contribution < 1.29 is 9.13 Å². The fraction of sp³-hybridized carbons (Fsp3) is 0.611. The van der Waals surface area contributed by atoms with Gasteiger partial charge in [-0.15, -0.1) is 0 Å². The van der Waals surface area contributed by atoms with Crippen LogP contribution in [0.15, 0.2) is 29.3 Å². The normalized spacial score (nSPS) is 18.8. The van der Waals surface area contributed by atoms with Gasteiger partial charge in [0, 0.05) is 32.8 Å². The molecule has 1 saturated heterocycles. The first kappa shape index (κ1) is 18.7. The number of nitrogens with one attached hydrogen (secondary N) is 2. The highest BCUT2D eigenvalue weighted by atomic mass is 19.1. The van der Waals surface area contributed by atoms with E-state index in [4.69, 9.17) is 4.74 Å². The molecular formula is C18H29FN4O. The summed E-state index contributed by atoms with van der Waals surface area (Å²) in [4.78, 5) is 7.06. The van der Waals surface area contributed by atoms with Crippen LogP contribution in [0.5, 0.6) is 0 Å². The Morgan fingerprint density at radius 1 is 1.33 bits per heavy atom. The van der Waals surface area contributed by atoms with Gasteiger partial charge < -0.3 is 15.4 Å². The molecule has 0 radical (unpaired) electrons. The third-order valence-corrected chi connectivity index (χ3v) is 4.26. The van der Waals surface area contributed by atoms with Gasteiger partial charge in [0.1, 0.15) is 5.82 Å². The van der Waals surface area contributed by atoms with Crippen LogP contribution in [-0.2, 0) is 11.3 Å². The number of guanidine groups is 1. The second-order valence-corrected chi connectivity index (χ2v) is 6.03. The molecule has 24 heavy (non-hydrogen) atoms. The van der Waals surface area contributed by atoms with E-state index in [2.05, 4.69) is 27.4 Å². The standard InChI is InChI=1S/C18H29FN4O/c1-3-20-18(21-13-15-6-8-16(19)9-7-15)22-14-17-5-4-10-23(17)11-12-24-2/h6-9,17H,3-5,10-14H2,1-2H3,(H2,20,21,22). The molecule has 1 aromatic carbocycles. The molecule has 0 amide bonds. The van der Waals surface area contributed by atoms with Crippen molar-refractivity contribution in [1.82, 2.24) is 15.5 Å². The number of ether oxygens (including phenoxy) is 1. The first-order valence-electron chi connectivity index (χ1n) is 8.72. The molecule has 1 unspecified atom stereocenters. The predicted molar refractivity (Wildman–Crippen MR) is 95.7 cm³/mol. The number of nitrogens with zero attached hydrogens (tertiary/aromatic N) is 2. The number of rotatable bonds is 8. The van der Waals surface area contributed by atoms with Crippen LogP contribution in [0.25, 0.3) is 0 Å². The fourth-order valence-electron chi connectivity index (χ4n) is 2.95. The van der Waals surface area contributed by atoms with E-state index >= 15 is 0 Å². The molecule has 2 rings (SSSR count). The van der Waals surface area contributed by atoms with Crippen molar-refractivity contribution in [2.24, 2.45) is 4.99 Å². The van der Waals surface area contributed by atoms with Gasteiger partial charge in [0.2, 0.25) is 0 Å². The highest BCUT2D eigenvalue weighted by Crippen LogP contribution is 2.15. The van der Waals surface area contributed by atoms with Crippen LogP contribution in [0, 0.1) is 5.82 Å². The van der Waals surface area contributed by atoms with Gasteiger partial charge >= 0.3 is 0 Å². The van der Waals surface area contributed by atoms with E-state index in [0.717, 1.165) is 44.3 Å². The minimum absolute atomic E-state index is 0.217. The van der Waals surface area contributed by atoms with Crippen molar-refractivity contribution in [2.45, 2.75) is 32.4 Å². The number of likely N-dealkylation sites (tertiary alicyclic amines) is 1. The Kier molecular flexibility index (Phi) is 7.98. The van der Waals surface area contributed by atoms with E-state index in [9.17, 15) is 4.39 Å². The van der Waals surface area contributed by atoms with Gasteiger partial charge in [-0.25, -0.2) is 9.38 Å². The van der Waals surface area contributed by atoms with Gasteiger partial charge in [0.15, 0.2) is 5.96 Å². The zero-order valence-corrected chi connectivity index (χ0v) is 14.7. The molecule has 0 saturated carbocycles. The summed E-state index contributed by atoms with van der Waals surface area (Å²) in [6, 6.07) is 7.00. The molecule has 6 heteroatoms. The minimum Gasteiger partial charge on any atom is -0.383 e. The van der Waals surface area contributed by atoms with Gasteiger partial charge in [-0.2, -0.15) is 0 Å². The summed E-state index contributed by atoms with van der Waals surface area (Å²) in [6.45, 7) is 7.16. The molecule has 5 nitrogen and oxygen atoms in total. The van der Waals surface area contributed by atoms with Crippen LogP contribution in [0.2, 0.25) is 0 Å². The van der Waals surface area contributed by atoms with Gasteiger partial charge in [0.25, 0.3) is 0 Å². The zero-order valence-electron chi connectivity index (χ0n) is 14.7. The van der Waals surface area contributed by atoms with E-state index in [-0.39, 0.29) is 5.82 Å². The lowest BCUT2D eigenvalue weighted by atomic mass is 10.2. The molecule has 2 N–H and O–H groups in total. The molecule has 0 aromatic heterocycles. The van der Waals surface area contributed by atoms with Crippen LogP contribution in [-0.4, -0.2) is 56.8 Å². The zero-order chi connectivity index (χ0) is 17.2. The predicted octanol–water partition coefficient (Wildman–Crippen LogP) is 1.99. The molecule has 0 bridgehead atoms.